The van der Waals surface area contributed by atoms with Crippen molar-refractivity contribution in [2.45, 2.75) is 0 Å². The average molecular weight is 319 g/mol. The number of pyridine rings is 1. The molecular weight excluding hydrogens is 300 g/mol. The molecule has 0 N–H and O–H groups in total. The number of nitrogens with zero attached hydrogens (tertiary/aromatic N) is 2. The summed E-state index contributed by atoms with van der Waals surface area (Å²) in [5, 5.41) is 0. The number of halogens is 1. The van der Waals surface area contributed by atoms with Gasteiger partial charge in [0, 0.05) is 37.5 Å². The van der Waals surface area contributed by atoms with Crippen LogP contribution in [0.5, 0.6) is 5.75 Å². The Balaban J connectivity index is 0.00000242. The van der Waals surface area contributed by atoms with E-state index in [0.717, 1.165) is 11.4 Å². The minimum absolute atomic E-state index is 0. The first-order chi connectivity index (χ1) is 10.1. The molecule has 2 rings (SSSR count). The summed E-state index contributed by atoms with van der Waals surface area (Å²) in [5.74, 6) is 0.700. The molecule has 0 saturated heterocycles. The largest absolute Gasteiger partial charge is 1.00 e. The van der Waals surface area contributed by atoms with Crippen molar-refractivity contribution in [3.05, 3.63) is 60.4 Å². The van der Waals surface area contributed by atoms with Gasteiger partial charge < -0.3 is 22.0 Å². The van der Waals surface area contributed by atoms with E-state index in [0.29, 0.717) is 5.56 Å². The predicted octanol–water partition coefficient (Wildman–Crippen LogP) is -0.594. The van der Waals surface area contributed by atoms with E-state index in [1.807, 2.05) is 48.1 Å². The molecule has 1 aromatic carbocycles. The third-order valence-electron chi connectivity index (χ3n) is 3.12. The van der Waals surface area contributed by atoms with E-state index in [1.165, 1.54) is 0 Å². The van der Waals surface area contributed by atoms with Gasteiger partial charge in [0.1, 0.15) is 5.75 Å². The Hall–Kier alpha value is -2.33. The van der Waals surface area contributed by atoms with Gasteiger partial charge in [-0.2, -0.15) is 4.57 Å². The van der Waals surface area contributed by atoms with Crippen LogP contribution in [0.3, 0.4) is 0 Å². The summed E-state index contributed by atoms with van der Waals surface area (Å²) in [6.45, 7) is 0. The number of hydrogen-bond acceptors (Lipinski definition) is 3. The fraction of sp³-hybridized carbons (Fsp3) is 0.176. The van der Waals surface area contributed by atoms with Gasteiger partial charge in [-0.05, 0) is 24.3 Å². The molecule has 22 heavy (non-hydrogen) atoms. The lowest BCUT2D eigenvalue weighted by atomic mass is 10.1. The molecule has 0 aliphatic carbocycles. The molecule has 0 aliphatic heterocycles. The van der Waals surface area contributed by atoms with Gasteiger partial charge >= 0.3 is 0 Å². The number of allylic oxidation sites excluding steroid dienone is 1. The maximum atomic E-state index is 12.0. The van der Waals surface area contributed by atoms with E-state index < -0.39 is 0 Å². The molecular formula is C17H19ClN2O2. The molecule has 0 unspecified atom stereocenters. The highest BCUT2D eigenvalue weighted by molar-refractivity contribution is 6.05. The van der Waals surface area contributed by atoms with Crippen molar-refractivity contribution >= 4 is 17.7 Å². The Morgan fingerprint density at radius 1 is 1.09 bits per heavy atom. The third-order valence-corrected chi connectivity index (χ3v) is 3.12. The number of hydrogen-bond donors (Lipinski definition) is 0. The molecule has 0 atom stereocenters. The number of ether oxygens (including phenoxy) is 1. The van der Waals surface area contributed by atoms with Gasteiger partial charge in [0.15, 0.2) is 24.4 Å². The second-order valence-electron chi connectivity index (χ2n) is 4.81. The molecule has 0 fully saturated rings. The van der Waals surface area contributed by atoms with Gasteiger partial charge in [-0.15, -0.1) is 0 Å². The average Bonchev–Trinajstić information content (AvgIpc) is 2.53. The lowest BCUT2D eigenvalue weighted by molar-refractivity contribution is -0.568. The fourth-order valence-electron chi connectivity index (χ4n) is 1.83. The van der Waals surface area contributed by atoms with Gasteiger partial charge in [0.2, 0.25) is 0 Å². The van der Waals surface area contributed by atoms with Crippen LogP contribution in [0, 0.1) is 0 Å². The number of carbonyl (C=O) groups is 1. The zero-order valence-electron chi connectivity index (χ0n) is 12.9. The quantitative estimate of drug-likeness (QED) is 0.420. The molecule has 5 heteroatoms. The van der Waals surface area contributed by atoms with Crippen molar-refractivity contribution < 1.29 is 26.5 Å². The Labute approximate surface area is 137 Å². The molecule has 116 valence electrons. The third kappa shape index (κ3) is 4.60. The summed E-state index contributed by atoms with van der Waals surface area (Å²) in [6, 6.07) is 11.0. The second kappa shape index (κ2) is 8.20. The van der Waals surface area contributed by atoms with Crippen LogP contribution in [-0.2, 0) is 0 Å². The first-order valence-corrected chi connectivity index (χ1v) is 6.65. The highest BCUT2D eigenvalue weighted by Gasteiger charge is 2.04. The summed E-state index contributed by atoms with van der Waals surface area (Å²) >= 11 is 0. The minimum Gasteiger partial charge on any atom is -1.00 e. The monoisotopic (exact) mass is 318 g/mol. The Morgan fingerprint density at radius 3 is 2.18 bits per heavy atom. The smallest absolute Gasteiger partial charge is 0.191 e. The van der Waals surface area contributed by atoms with Gasteiger partial charge in [0.25, 0.3) is 0 Å². The summed E-state index contributed by atoms with van der Waals surface area (Å²) in [7, 11) is 5.58. The number of ketones is 1. The van der Waals surface area contributed by atoms with Crippen LogP contribution in [-0.4, -0.2) is 27.0 Å². The Morgan fingerprint density at radius 2 is 1.68 bits per heavy atom. The van der Waals surface area contributed by atoms with Crippen molar-refractivity contribution in [3.63, 3.8) is 0 Å². The van der Waals surface area contributed by atoms with Crippen LogP contribution in [0.4, 0.5) is 5.69 Å². The molecule has 4 nitrogen and oxygen atoms in total. The number of carbonyl (C=O) groups excluding carboxylic acids is 1. The Bertz CT molecular complexity index is 635. The van der Waals surface area contributed by atoms with E-state index in [9.17, 15) is 4.79 Å². The van der Waals surface area contributed by atoms with Crippen LogP contribution in [0.2, 0.25) is 0 Å². The van der Waals surface area contributed by atoms with Gasteiger partial charge in [-0.25, -0.2) is 0 Å². The zero-order valence-corrected chi connectivity index (χ0v) is 13.6. The maximum Gasteiger partial charge on any atom is 0.191 e. The van der Waals surface area contributed by atoms with E-state index in [1.54, 1.807) is 43.7 Å². The second-order valence-corrected chi connectivity index (χ2v) is 4.81. The lowest BCUT2D eigenvalue weighted by Gasteiger charge is -2.09. The van der Waals surface area contributed by atoms with Crippen LogP contribution in [0.15, 0.2) is 54.9 Å². The van der Waals surface area contributed by atoms with Crippen molar-refractivity contribution in [1.29, 1.82) is 0 Å². The van der Waals surface area contributed by atoms with E-state index >= 15 is 0 Å². The SMILES string of the molecule is COc1ccc(C(=O)C=C[n+]2ccc(N(C)C)cc2)cc1.[Cl-]. The lowest BCUT2D eigenvalue weighted by Crippen LogP contribution is -3.00. The van der Waals surface area contributed by atoms with Crippen LogP contribution >= 0.6 is 0 Å². The van der Waals surface area contributed by atoms with Crippen molar-refractivity contribution in [2.24, 2.45) is 0 Å². The number of rotatable bonds is 5. The topological polar surface area (TPSA) is 33.4 Å². The highest BCUT2D eigenvalue weighted by Crippen LogP contribution is 2.12. The molecule has 1 aromatic heterocycles. The van der Waals surface area contributed by atoms with Crippen LogP contribution < -0.4 is 26.6 Å². The molecule has 1 heterocycles. The molecule has 0 amide bonds. The fourth-order valence-corrected chi connectivity index (χ4v) is 1.83. The first-order valence-electron chi connectivity index (χ1n) is 6.65. The van der Waals surface area contributed by atoms with Crippen LogP contribution in [0.25, 0.3) is 6.20 Å². The van der Waals surface area contributed by atoms with Crippen molar-refractivity contribution in [3.8, 4) is 5.75 Å². The van der Waals surface area contributed by atoms with Crippen LogP contribution in [0.1, 0.15) is 10.4 Å². The Kier molecular flexibility index (Phi) is 6.60. The van der Waals surface area contributed by atoms with E-state index in [-0.39, 0.29) is 18.2 Å². The zero-order chi connectivity index (χ0) is 15.2. The standard InChI is InChI=1S/C17H19N2O2.ClH/c1-18(2)15-8-11-19(12-9-15)13-10-17(20)14-4-6-16(21-3)7-5-14;/h4-13H,1-3H3;1H/q+1;/p-1. The summed E-state index contributed by atoms with van der Waals surface area (Å²) in [5.41, 5.74) is 1.75. The first kappa shape index (κ1) is 17.7. The van der Waals surface area contributed by atoms with Gasteiger partial charge in [-0.3, -0.25) is 4.79 Å². The summed E-state index contributed by atoms with van der Waals surface area (Å²) < 4.78 is 6.91. The van der Waals surface area contributed by atoms with E-state index in [4.69, 9.17) is 4.74 Å². The van der Waals surface area contributed by atoms with E-state index in [2.05, 4.69) is 0 Å². The summed E-state index contributed by atoms with van der Waals surface area (Å²) in [4.78, 5) is 14.1. The number of methoxy groups -OCH3 is 1. The molecule has 0 radical (unpaired) electrons. The molecule has 2 aromatic rings. The normalized spacial score (nSPS) is 10.1. The molecule has 0 bridgehead atoms. The van der Waals surface area contributed by atoms with Gasteiger partial charge in [-0.1, -0.05) is 0 Å². The predicted molar refractivity (Wildman–Crippen MR) is 83.6 cm³/mol. The molecule has 0 saturated carbocycles. The highest BCUT2D eigenvalue weighted by atomic mass is 35.5. The van der Waals surface area contributed by atoms with Crippen molar-refractivity contribution in [1.82, 2.24) is 0 Å². The summed E-state index contributed by atoms with van der Waals surface area (Å²) in [6.07, 6.45) is 7.11. The minimum atomic E-state index is -0.0400. The molecule has 0 spiro atoms. The number of anilines is 1. The molecule has 0 aliphatic rings. The van der Waals surface area contributed by atoms with Crippen molar-refractivity contribution in [2.75, 3.05) is 26.1 Å². The number of benzene rings is 1. The van der Waals surface area contributed by atoms with Gasteiger partial charge in [0.05, 0.1) is 13.2 Å². The maximum absolute atomic E-state index is 12.0. The number of aromatic nitrogens is 1.